The number of sulfone groups is 1. The van der Waals surface area contributed by atoms with Crippen LogP contribution in [0.2, 0.25) is 0 Å². The van der Waals surface area contributed by atoms with Crippen LogP contribution >= 0.6 is 0 Å². The summed E-state index contributed by atoms with van der Waals surface area (Å²) in [6.45, 7) is 6.51. The first-order valence-corrected chi connectivity index (χ1v) is 9.38. The predicted octanol–water partition coefficient (Wildman–Crippen LogP) is 0.824. The van der Waals surface area contributed by atoms with E-state index in [0.717, 1.165) is 19.3 Å². The van der Waals surface area contributed by atoms with Crippen LogP contribution in [-0.4, -0.2) is 57.4 Å². The third-order valence-corrected chi connectivity index (χ3v) is 5.36. The molecule has 2 atom stereocenters. The molecule has 1 aliphatic heterocycles. The van der Waals surface area contributed by atoms with Gasteiger partial charge in [-0.3, -0.25) is 0 Å². The van der Waals surface area contributed by atoms with E-state index in [-0.39, 0.29) is 11.7 Å². The van der Waals surface area contributed by atoms with Gasteiger partial charge in [-0.1, -0.05) is 13.8 Å². The Morgan fingerprint density at radius 2 is 2.15 bits per heavy atom. The Balaban J connectivity index is 1.96. The Morgan fingerprint density at radius 3 is 2.75 bits per heavy atom. The zero-order valence-corrected chi connectivity index (χ0v) is 13.5. The van der Waals surface area contributed by atoms with Crippen LogP contribution in [0.15, 0.2) is 0 Å². The largest absolute Gasteiger partial charge is 0.389 e. The molecule has 0 saturated carbocycles. The van der Waals surface area contributed by atoms with Crippen molar-refractivity contribution in [3.05, 3.63) is 0 Å². The molecule has 0 spiro atoms. The molecular formula is C14H29NO4S. The SMILES string of the molecule is CC(C)CCCOCC(O)CNCC1CCS(=O)(=O)C1. The normalized spacial score (nSPS) is 23.3. The highest BCUT2D eigenvalue weighted by Gasteiger charge is 2.27. The van der Waals surface area contributed by atoms with Gasteiger partial charge >= 0.3 is 0 Å². The van der Waals surface area contributed by atoms with Gasteiger partial charge < -0.3 is 15.2 Å². The van der Waals surface area contributed by atoms with E-state index in [4.69, 9.17) is 4.74 Å². The van der Waals surface area contributed by atoms with Crippen molar-refractivity contribution in [3.8, 4) is 0 Å². The number of hydrogen-bond donors (Lipinski definition) is 2. The lowest BCUT2D eigenvalue weighted by Crippen LogP contribution is -2.34. The van der Waals surface area contributed by atoms with Gasteiger partial charge in [0.15, 0.2) is 9.84 Å². The molecule has 120 valence electrons. The zero-order chi connectivity index (χ0) is 15.0. The van der Waals surface area contributed by atoms with Crippen LogP contribution in [0.25, 0.3) is 0 Å². The second kappa shape index (κ2) is 8.97. The molecule has 0 aromatic rings. The molecule has 1 fully saturated rings. The Kier molecular flexibility index (Phi) is 8.02. The maximum Gasteiger partial charge on any atom is 0.150 e. The number of nitrogens with one attached hydrogen (secondary N) is 1. The van der Waals surface area contributed by atoms with Crippen LogP contribution in [0, 0.1) is 11.8 Å². The van der Waals surface area contributed by atoms with Crippen LogP contribution in [0.4, 0.5) is 0 Å². The molecule has 1 aliphatic rings. The minimum atomic E-state index is -2.80. The van der Waals surface area contributed by atoms with Crippen molar-refractivity contribution in [2.24, 2.45) is 11.8 Å². The van der Waals surface area contributed by atoms with Crippen LogP contribution in [0.1, 0.15) is 33.1 Å². The number of aliphatic hydroxyl groups excluding tert-OH is 1. The molecule has 0 bridgehead atoms. The minimum Gasteiger partial charge on any atom is -0.389 e. The van der Waals surface area contributed by atoms with Crippen molar-refractivity contribution in [2.75, 3.05) is 37.8 Å². The Bertz CT molecular complexity index is 356. The fourth-order valence-electron chi connectivity index (χ4n) is 2.36. The van der Waals surface area contributed by atoms with Gasteiger partial charge in [0.05, 0.1) is 24.2 Å². The quantitative estimate of drug-likeness (QED) is 0.585. The first-order chi connectivity index (χ1) is 9.39. The summed E-state index contributed by atoms with van der Waals surface area (Å²) in [6.07, 6.45) is 2.38. The van der Waals surface area contributed by atoms with E-state index >= 15 is 0 Å². The lowest BCUT2D eigenvalue weighted by atomic mass is 10.1. The molecule has 1 saturated heterocycles. The van der Waals surface area contributed by atoms with Gasteiger partial charge in [-0.15, -0.1) is 0 Å². The van der Waals surface area contributed by atoms with E-state index < -0.39 is 15.9 Å². The van der Waals surface area contributed by atoms with Gasteiger partial charge in [0.25, 0.3) is 0 Å². The number of rotatable bonds is 10. The number of ether oxygens (including phenoxy) is 1. The van der Waals surface area contributed by atoms with Gasteiger partial charge in [-0.25, -0.2) is 8.42 Å². The summed E-state index contributed by atoms with van der Waals surface area (Å²) in [5.41, 5.74) is 0. The van der Waals surface area contributed by atoms with E-state index in [1.807, 2.05) is 0 Å². The minimum absolute atomic E-state index is 0.194. The molecule has 1 heterocycles. The van der Waals surface area contributed by atoms with Crippen molar-refractivity contribution < 1.29 is 18.3 Å². The second-order valence-corrected chi connectivity index (χ2v) is 8.42. The molecule has 0 aromatic carbocycles. The average Bonchev–Trinajstić information content (AvgIpc) is 2.68. The van der Waals surface area contributed by atoms with Gasteiger partial charge in [0.2, 0.25) is 0 Å². The van der Waals surface area contributed by atoms with E-state index in [1.165, 1.54) is 0 Å². The molecule has 0 amide bonds. The van der Waals surface area contributed by atoms with Crippen LogP contribution in [0.3, 0.4) is 0 Å². The molecule has 2 unspecified atom stereocenters. The van der Waals surface area contributed by atoms with Gasteiger partial charge in [0, 0.05) is 13.2 Å². The molecule has 20 heavy (non-hydrogen) atoms. The van der Waals surface area contributed by atoms with Crippen LogP contribution in [-0.2, 0) is 14.6 Å². The lowest BCUT2D eigenvalue weighted by Gasteiger charge is -2.14. The van der Waals surface area contributed by atoms with E-state index in [1.54, 1.807) is 0 Å². The maximum atomic E-state index is 11.3. The van der Waals surface area contributed by atoms with Crippen molar-refractivity contribution in [3.63, 3.8) is 0 Å². The van der Waals surface area contributed by atoms with E-state index in [9.17, 15) is 13.5 Å². The maximum absolute atomic E-state index is 11.3. The average molecular weight is 307 g/mol. The van der Waals surface area contributed by atoms with Crippen LogP contribution in [0.5, 0.6) is 0 Å². The molecule has 5 nitrogen and oxygen atoms in total. The second-order valence-electron chi connectivity index (χ2n) is 6.19. The van der Waals surface area contributed by atoms with Crippen molar-refractivity contribution in [2.45, 2.75) is 39.2 Å². The van der Waals surface area contributed by atoms with Gasteiger partial charge in [0.1, 0.15) is 0 Å². The summed E-state index contributed by atoms with van der Waals surface area (Å²) in [7, 11) is -2.80. The number of hydrogen-bond acceptors (Lipinski definition) is 5. The topological polar surface area (TPSA) is 75.6 Å². The fraction of sp³-hybridized carbons (Fsp3) is 1.00. The van der Waals surface area contributed by atoms with E-state index in [2.05, 4.69) is 19.2 Å². The summed E-state index contributed by atoms with van der Waals surface area (Å²) in [4.78, 5) is 0. The fourth-order valence-corrected chi connectivity index (χ4v) is 4.22. The molecule has 0 aliphatic carbocycles. The molecule has 6 heteroatoms. The molecule has 0 aromatic heterocycles. The summed E-state index contributed by atoms with van der Waals surface area (Å²) >= 11 is 0. The summed E-state index contributed by atoms with van der Waals surface area (Å²) in [5, 5.41) is 12.9. The smallest absolute Gasteiger partial charge is 0.150 e. The van der Waals surface area contributed by atoms with Crippen LogP contribution < -0.4 is 5.32 Å². The Morgan fingerprint density at radius 1 is 1.40 bits per heavy atom. The van der Waals surface area contributed by atoms with Gasteiger partial charge in [-0.05, 0) is 37.6 Å². The molecule has 0 radical (unpaired) electrons. The standard InChI is InChI=1S/C14H29NO4S/c1-12(2)4-3-6-19-10-14(16)9-15-8-13-5-7-20(17,18)11-13/h12-16H,3-11H2,1-2H3. The zero-order valence-electron chi connectivity index (χ0n) is 12.7. The highest BCUT2D eigenvalue weighted by atomic mass is 32.2. The molecule has 2 N–H and O–H groups in total. The first kappa shape index (κ1) is 17.9. The summed E-state index contributed by atoms with van der Waals surface area (Å²) in [5.74, 6) is 1.47. The van der Waals surface area contributed by atoms with Crippen molar-refractivity contribution >= 4 is 9.84 Å². The highest BCUT2D eigenvalue weighted by Crippen LogP contribution is 2.17. The lowest BCUT2D eigenvalue weighted by molar-refractivity contribution is 0.0345. The van der Waals surface area contributed by atoms with Crippen molar-refractivity contribution in [1.29, 1.82) is 0 Å². The third kappa shape index (κ3) is 8.19. The third-order valence-electron chi connectivity index (χ3n) is 3.52. The summed E-state index contributed by atoms with van der Waals surface area (Å²) in [6, 6.07) is 0. The first-order valence-electron chi connectivity index (χ1n) is 7.56. The number of aliphatic hydroxyl groups is 1. The monoisotopic (exact) mass is 307 g/mol. The Hall–Kier alpha value is -0.170. The predicted molar refractivity (Wildman–Crippen MR) is 80.5 cm³/mol. The van der Waals surface area contributed by atoms with Crippen molar-refractivity contribution in [1.82, 2.24) is 5.32 Å². The molecular weight excluding hydrogens is 278 g/mol. The highest BCUT2D eigenvalue weighted by molar-refractivity contribution is 7.91. The Labute approximate surface area is 123 Å². The summed E-state index contributed by atoms with van der Waals surface area (Å²) < 4.78 is 28.0. The molecule has 1 rings (SSSR count). The van der Waals surface area contributed by atoms with E-state index in [0.29, 0.717) is 38.0 Å². The van der Waals surface area contributed by atoms with Gasteiger partial charge in [-0.2, -0.15) is 0 Å².